The minimum absolute atomic E-state index is 0.147. The first-order valence-electron chi connectivity index (χ1n) is 7.28. The Hall–Kier alpha value is -1.35. The first kappa shape index (κ1) is 14.1. The van der Waals surface area contributed by atoms with Crippen LogP contribution in [0.2, 0.25) is 0 Å². The monoisotopic (exact) mass is 261 g/mol. The summed E-state index contributed by atoms with van der Waals surface area (Å²) >= 11 is 0. The number of hydrogen-bond donors (Lipinski definition) is 0. The van der Waals surface area contributed by atoms with Crippen LogP contribution in [-0.2, 0) is 0 Å². The molecule has 0 amide bonds. The highest BCUT2D eigenvalue weighted by Gasteiger charge is 2.12. The molecule has 0 aromatic heterocycles. The number of ketones is 1. The van der Waals surface area contributed by atoms with Gasteiger partial charge in [0.15, 0.2) is 5.78 Å². The average molecular weight is 261 g/mol. The zero-order valence-electron chi connectivity index (χ0n) is 11.7. The van der Waals surface area contributed by atoms with E-state index < -0.39 is 0 Å². The Morgan fingerprint density at radius 3 is 2.68 bits per heavy atom. The number of likely N-dealkylation sites (tertiary alicyclic amines) is 1. The highest BCUT2D eigenvalue weighted by molar-refractivity contribution is 5.98. The van der Waals surface area contributed by atoms with Crippen LogP contribution in [0.3, 0.4) is 0 Å². The van der Waals surface area contributed by atoms with E-state index >= 15 is 0 Å². The molecule has 1 saturated heterocycles. The molecule has 0 aliphatic carbocycles. The number of ether oxygens (including phenoxy) is 1. The molecule has 2 rings (SSSR count). The maximum Gasteiger partial charge on any atom is 0.166 e. The maximum absolute atomic E-state index is 11.8. The summed E-state index contributed by atoms with van der Waals surface area (Å²) in [7, 11) is 0. The molecule has 0 bridgehead atoms. The molecular formula is C16H23NO2. The van der Waals surface area contributed by atoms with E-state index in [2.05, 4.69) is 4.90 Å². The zero-order valence-corrected chi connectivity index (χ0v) is 11.7. The molecule has 19 heavy (non-hydrogen) atoms. The standard InChI is InChI=1S/C16H23NO2/c1-2-15(18)14-8-4-5-9-16(14)19-13-12-17-10-6-3-7-11-17/h4-5,8-9H,2-3,6-7,10-13H2,1H3. The second-order valence-electron chi connectivity index (χ2n) is 5.02. The van der Waals surface area contributed by atoms with Gasteiger partial charge in [0.2, 0.25) is 0 Å². The number of hydrogen-bond acceptors (Lipinski definition) is 3. The van der Waals surface area contributed by atoms with E-state index in [-0.39, 0.29) is 5.78 Å². The Bertz CT molecular complexity index is 411. The molecule has 0 atom stereocenters. The molecule has 3 heteroatoms. The summed E-state index contributed by atoms with van der Waals surface area (Å²) in [5.41, 5.74) is 0.712. The van der Waals surface area contributed by atoms with Gasteiger partial charge in [0.1, 0.15) is 12.4 Å². The molecule has 0 N–H and O–H groups in total. The lowest BCUT2D eigenvalue weighted by atomic mass is 10.1. The van der Waals surface area contributed by atoms with Gasteiger partial charge in [-0.25, -0.2) is 0 Å². The lowest BCUT2D eigenvalue weighted by Gasteiger charge is -2.26. The number of carbonyl (C=O) groups is 1. The molecule has 1 aliphatic heterocycles. The summed E-state index contributed by atoms with van der Waals surface area (Å²) in [6.45, 7) is 5.85. The number of piperidine rings is 1. The molecular weight excluding hydrogens is 238 g/mol. The topological polar surface area (TPSA) is 29.5 Å². The van der Waals surface area contributed by atoms with Crippen LogP contribution in [0.25, 0.3) is 0 Å². The van der Waals surface area contributed by atoms with Gasteiger partial charge in [0, 0.05) is 13.0 Å². The van der Waals surface area contributed by atoms with Gasteiger partial charge in [0.25, 0.3) is 0 Å². The van der Waals surface area contributed by atoms with E-state index in [1.807, 2.05) is 31.2 Å². The Kier molecular flexibility index (Phi) is 5.40. The van der Waals surface area contributed by atoms with E-state index in [0.29, 0.717) is 18.6 Å². The fourth-order valence-corrected chi connectivity index (χ4v) is 2.48. The van der Waals surface area contributed by atoms with Gasteiger partial charge in [0.05, 0.1) is 5.56 Å². The molecule has 1 fully saturated rings. The van der Waals surface area contributed by atoms with Crippen molar-refractivity contribution in [2.75, 3.05) is 26.2 Å². The van der Waals surface area contributed by atoms with Gasteiger partial charge in [-0.3, -0.25) is 9.69 Å². The normalized spacial score (nSPS) is 16.3. The van der Waals surface area contributed by atoms with Crippen LogP contribution in [-0.4, -0.2) is 36.9 Å². The largest absolute Gasteiger partial charge is 0.491 e. The fourth-order valence-electron chi connectivity index (χ4n) is 2.48. The summed E-state index contributed by atoms with van der Waals surface area (Å²) in [6.07, 6.45) is 4.47. The predicted molar refractivity (Wildman–Crippen MR) is 76.8 cm³/mol. The highest BCUT2D eigenvalue weighted by Crippen LogP contribution is 2.19. The van der Waals surface area contributed by atoms with Crippen molar-refractivity contribution in [2.24, 2.45) is 0 Å². The van der Waals surface area contributed by atoms with Crippen molar-refractivity contribution < 1.29 is 9.53 Å². The fraction of sp³-hybridized carbons (Fsp3) is 0.562. The molecule has 1 aliphatic rings. The Balaban J connectivity index is 1.86. The first-order valence-corrected chi connectivity index (χ1v) is 7.28. The van der Waals surface area contributed by atoms with Crippen molar-refractivity contribution in [3.63, 3.8) is 0 Å². The smallest absolute Gasteiger partial charge is 0.166 e. The van der Waals surface area contributed by atoms with Crippen LogP contribution in [0.4, 0.5) is 0 Å². The van der Waals surface area contributed by atoms with Crippen molar-refractivity contribution >= 4 is 5.78 Å². The molecule has 0 unspecified atom stereocenters. The lowest BCUT2D eigenvalue weighted by molar-refractivity contribution is 0.0983. The summed E-state index contributed by atoms with van der Waals surface area (Å²) in [6, 6.07) is 7.55. The van der Waals surface area contributed by atoms with Crippen molar-refractivity contribution in [3.05, 3.63) is 29.8 Å². The number of Topliss-reactive ketones (excluding diaryl/α,β-unsaturated/α-hetero) is 1. The van der Waals surface area contributed by atoms with Crippen molar-refractivity contribution in [2.45, 2.75) is 32.6 Å². The predicted octanol–water partition coefficient (Wildman–Crippen LogP) is 3.14. The first-order chi connectivity index (χ1) is 9.31. The molecule has 3 nitrogen and oxygen atoms in total. The Morgan fingerprint density at radius 1 is 1.21 bits per heavy atom. The van der Waals surface area contributed by atoms with Gasteiger partial charge in [-0.15, -0.1) is 0 Å². The van der Waals surface area contributed by atoms with Crippen molar-refractivity contribution in [1.82, 2.24) is 4.90 Å². The third kappa shape index (κ3) is 4.06. The van der Waals surface area contributed by atoms with E-state index in [0.717, 1.165) is 12.3 Å². The van der Waals surface area contributed by atoms with Crippen molar-refractivity contribution in [1.29, 1.82) is 0 Å². The van der Waals surface area contributed by atoms with E-state index in [9.17, 15) is 4.79 Å². The van der Waals surface area contributed by atoms with E-state index in [1.54, 1.807) is 0 Å². The van der Waals surface area contributed by atoms with Gasteiger partial charge in [-0.2, -0.15) is 0 Å². The summed E-state index contributed by atoms with van der Waals surface area (Å²) in [5.74, 6) is 0.875. The van der Waals surface area contributed by atoms with E-state index in [4.69, 9.17) is 4.74 Å². The Labute approximate surface area is 115 Å². The molecule has 1 aromatic rings. The van der Waals surface area contributed by atoms with Gasteiger partial charge >= 0.3 is 0 Å². The Morgan fingerprint density at radius 2 is 1.95 bits per heavy atom. The molecule has 0 spiro atoms. The average Bonchev–Trinajstić information content (AvgIpc) is 2.48. The SMILES string of the molecule is CCC(=O)c1ccccc1OCCN1CCCCC1. The minimum Gasteiger partial charge on any atom is -0.491 e. The number of benzene rings is 1. The zero-order chi connectivity index (χ0) is 13.5. The third-order valence-electron chi connectivity index (χ3n) is 3.62. The van der Waals surface area contributed by atoms with Crippen LogP contribution in [0.5, 0.6) is 5.75 Å². The number of rotatable bonds is 6. The molecule has 1 aromatic carbocycles. The second kappa shape index (κ2) is 7.29. The van der Waals surface area contributed by atoms with E-state index in [1.165, 1.54) is 32.4 Å². The maximum atomic E-state index is 11.8. The summed E-state index contributed by atoms with van der Waals surface area (Å²) < 4.78 is 5.80. The molecule has 1 heterocycles. The van der Waals surface area contributed by atoms with Crippen LogP contribution in [0.1, 0.15) is 43.0 Å². The number of nitrogens with zero attached hydrogens (tertiary/aromatic N) is 1. The molecule has 0 saturated carbocycles. The quantitative estimate of drug-likeness (QED) is 0.737. The molecule has 0 radical (unpaired) electrons. The van der Waals surface area contributed by atoms with Crippen molar-refractivity contribution in [3.8, 4) is 5.75 Å². The second-order valence-corrected chi connectivity index (χ2v) is 5.02. The lowest BCUT2D eigenvalue weighted by Crippen LogP contribution is -2.33. The van der Waals surface area contributed by atoms with Gasteiger partial charge in [-0.05, 0) is 38.1 Å². The van der Waals surface area contributed by atoms with Crippen LogP contribution < -0.4 is 4.74 Å². The summed E-state index contributed by atoms with van der Waals surface area (Å²) in [4.78, 5) is 14.2. The highest BCUT2D eigenvalue weighted by atomic mass is 16.5. The van der Waals surface area contributed by atoms with Gasteiger partial charge in [-0.1, -0.05) is 25.5 Å². The third-order valence-corrected chi connectivity index (χ3v) is 3.62. The summed E-state index contributed by atoms with van der Waals surface area (Å²) in [5, 5.41) is 0. The minimum atomic E-state index is 0.147. The molecule has 104 valence electrons. The van der Waals surface area contributed by atoms with Crippen LogP contribution >= 0.6 is 0 Å². The number of para-hydroxylation sites is 1. The van der Waals surface area contributed by atoms with Gasteiger partial charge < -0.3 is 4.74 Å². The van der Waals surface area contributed by atoms with Crippen LogP contribution in [0, 0.1) is 0 Å². The van der Waals surface area contributed by atoms with Crippen LogP contribution in [0.15, 0.2) is 24.3 Å². The number of carbonyl (C=O) groups excluding carboxylic acids is 1.